The number of carbonyl (C=O) groups excluding carboxylic acids is 1. The van der Waals surface area contributed by atoms with Crippen LogP contribution < -0.4 is 11.3 Å². The van der Waals surface area contributed by atoms with Crippen LogP contribution in [0.25, 0.3) is 0 Å². The lowest BCUT2D eigenvalue weighted by molar-refractivity contribution is -0.152. The predicted octanol–water partition coefficient (Wildman–Crippen LogP) is 1.17. The summed E-state index contributed by atoms with van der Waals surface area (Å²) in [5, 5.41) is 0. The Bertz CT molecular complexity index is 240. The van der Waals surface area contributed by atoms with Gasteiger partial charge in [-0.05, 0) is 32.1 Å². The van der Waals surface area contributed by atoms with Gasteiger partial charge in [0.2, 0.25) is 0 Å². The maximum atomic E-state index is 11.6. The largest absolute Gasteiger partial charge is 0.469 e. The van der Waals surface area contributed by atoms with Crippen LogP contribution in [0.3, 0.4) is 0 Å². The number of halogens is 2. The number of ether oxygens (including phenoxy) is 1. The van der Waals surface area contributed by atoms with Crippen molar-refractivity contribution in [2.45, 2.75) is 37.6 Å². The van der Waals surface area contributed by atoms with Crippen molar-refractivity contribution in [3.63, 3.8) is 0 Å². The number of hydrogen-bond acceptors (Lipinski definition) is 4. The monoisotopic (exact) mass is 256 g/mol. The van der Waals surface area contributed by atoms with E-state index in [4.69, 9.17) is 10.6 Å². The van der Waals surface area contributed by atoms with Gasteiger partial charge < -0.3 is 4.74 Å². The zero-order valence-electron chi connectivity index (χ0n) is 8.75. The molecule has 0 aromatic heterocycles. The van der Waals surface area contributed by atoms with E-state index in [9.17, 15) is 4.79 Å². The smallest absolute Gasteiger partial charge is 0.311 e. The Morgan fingerprint density at radius 2 is 1.80 bits per heavy atom. The molecular weight excluding hydrogens is 239 g/mol. The molecule has 0 heterocycles. The normalized spacial score (nSPS) is 36.7. The number of carbonyl (C=O) groups is 1. The van der Waals surface area contributed by atoms with Crippen LogP contribution in [0.5, 0.6) is 0 Å². The summed E-state index contributed by atoms with van der Waals surface area (Å²) in [4.78, 5) is 11.6. The fourth-order valence-electron chi connectivity index (χ4n) is 2.90. The summed E-state index contributed by atoms with van der Waals surface area (Å²) in [7, 11) is 1.46. The van der Waals surface area contributed by atoms with E-state index in [2.05, 4.69) is 5.43 Å². The second-order valence-electron chi connectivity index (χ2n) is 4.37. The van der Waals surface area contributed by atoms with E-state index in [1.54, 1.807) is 0 Å². The summed E-state index contributed by atoms with van der Waals surface area (Å²) in [6.07, 6.45) is 4.69. The van der Waals surface area contributed by atoms with Crippen molar-refractivity contribution < 1.29 is 9.53 Å². The highest BCUT2D eigenvalue weighted by Gasteiger charge is 2.58. The highest BCUT2D eigenvalue weighted by molar-refractivity contribution is 5.85. The maximum Gasteiger partial charge on any atom is 0.311 e. The molecule has 0 aliphatic heterocycles. The number of hydrazine groups is 1. The van der Waals surface area contributed by atoms with E-state index in [1.807, 2.05) is 0 Å². The lowest BCUT2D eigenvalue weighted by atomic mass is 9.84. The van der Waals surface area contributed by atoms with Crippen molar-refractivity contribution in [3.8, 4) is 0 Å². The van der Waals surface area contributed by atoms with Gasteiger partial charge in [-0.25, -0.2) is 0 Å². The first-order chi connectivity index (χ1) is 6.16. The summed E-state index contributed by atoms with van der Waals surface area (Å²) >= 11 is 0. The van der Waals surface area contributed by atoms with Crippen LogP contribution in [0.1, 0.15) is 32.1 Å². The average molecular weight is 257 g/mol. The highest BCUT2D eigenvalue weighted by Crippen LogP contribution is 2.56. The molecule has 6 heteroatoms. The number of hydrogen-bond donors (Lipinski definition) is 2. The Balaban J connectivity index is 0.000000980. The van der Waals surface area contributed by atoms with Gasteiger partial charge in [0.1, 0.15) is 0 Å². The molecule has 2 aliphatic carbocycles. The summed E-state index contributed by atoms with van der Waals surface area (Å²) < 4.78 is 4.84. The fraction of sp³-hybridized carbons (Fsp3) is 0.889. The zero-order valence-corrected chi connectivity index (χ0v) is 10.4. The van der Waals surface area contributed by atoms with Crippen LogP contribution in [-0.4, -0.2) is 18.6 Å². The average Bonchev–Trinajstić information content (AvgIpc) is 2.74. The second kappa shape index (κ2) is 4.87. The minimum atomic E-state index is -0.221. The van der Waals surface area contributed by atoms with Crippen LogP contribution in [0, 0.1) is 5.41 Å². The lowest BCUT2D eigenvalue weighted by Crippen LogP contribution is -2.45. The third-order valence-electron chi connectivity index (χ3n) is 3.77. The van der Waals surface area contributed by atoms with E-state index in [1.165, 1.54) is 7.11 Å². The molecule has 0 spiro atoms. The Labute approximate surface area is 102 Å². The van der Waals surface area contributed by atoms with Gasteiger partial charge in [-0.15, -0.1) is 24.8 Å². The molecule has 2 fully saturated rings. The van der Waals surface area contributed by atoms with Gasteiger partial charge in [0.25, 0.3) is 0 Å². The van der Waals surface area contributed by atoms with E-state index in [0.29, 0.717) is 0 Å². The quantitative estimate of drug-likeness (QED) is 0.443. The molecule has 3 N–H and O–H groups in total. The summed E-state index contributed by atoms with van der Waals surface area (Å²) in [5.41, 5.74) is 2.67. The van der Waals surface area contributed by atoms with E-state index in [0.717, 1.165) is 32.1 Å². The number of esters is 1. The lowest BCUT2D eigenvalue weighted by Gasteiger charge is -2.25. The van der Waals surface area contributed by atoms with Crippen molar-refractivity contribution in [1.29, 1.82) is 0 Å². The number of nitrogens with one attached hydrogen (secondary N) is 1. The second-order valence-corrected chi connectivity index (χ2v) is 4.37. The standard InChI is InChI=1S/C9H16N2O2.2ClH/c1-13-7(12)8-2-4-9(6-8,11-10)5-3-8;;/h11H,2-6,10H2,1H3;2*1H. The third kappa shape index (κ3) is 2.09. The Hall–Kier alpha value is -0.0300. The SMILES string of the molecule is COC(=O)C12CCC(NN)(CC1)C2.Cl.Cl. The molecule has 2 aliphatic rings. The summed E-state index contributed by atoms with van der Waals surface area (Å²) in [6, 6.07) is 0. The van der Waals surface area contributed by atoms with Crippen LogP contribution in [0.4, 0.5) is 0 Å². The van der Waals surface area contributed by atoms with E-state index < -0.39 is 0 Å². The van der Waals surface area contributed by atoms with Crippen LogP contribution in [0.15, 0.2) is 0 Å². The predicted molar refractivity (Wildman–Crippen MR) is 62.1 cm³/mol. The molecule has 0 amide bonds. The molecule has 0 atom stereocenters. The number of methoxy groups -OCH3 is 1. The van der Waals surface area contributed by atoms with E-state index in [-0.39, 0.29) is 41.7 Å². The molecule has 4 nitrogen and oxygen atoms in total. The van der Waals surface area contributed by atoms with E-state index >= 15 is 0 Å². The Morgan fingerprint density at radius 1 is 1.27 bits per heavy atom. The van der Waals surface area contributed by atoms with Crippen molar-refractivity contribution >= 4 is 30.8 Å². The maximum absolute atomic E-state index is 11.6. The van der Waals surface area contributed by atoms with Gasteiger partial charge in [0.15, 0.2) is 0 Å². The van der Waals surface area contributed by atoms with Gasteiger partial charge in [-0.3, -0.25) is 16.1 Å². The molecule has 2 saturated carbocycles. The molecular formula is C9H18Cl2N2O2. The van der Waals surface area contributed by atoms with Crippen molar-refractivity contribution in [1.82, 2.24) is 5.43 Å². The zero-order chi connectivity index (χ0) is 9.53. The molecule has 0 saturated heterocycles. The van der Waals surface area contributed by atoms with Crippen LogP contribution >= 0.6 is 24.8 Å². The molecule has 2 bridgehead atoms. The minimum absolute atomic E-state index is 0. The first-order valence-corrected chi connectivity index (χ1v) is 4.73. The topological polar surface area (TPSA) is 64.3 Å². The van der Waals surface area contributed by atoms with Gasteiger partial charge in [0.05, 0.1) is 12.5 Å². The minimum Gasteiger partial charge on any atom is -0.469 e. The van der Waals surface area contributed by atoms with Gasteiger partial charge in [-0.2, -0.15) is 0 Å². The van der Waals surface area contributed by atoms with Gasteiger partial charge >= 0.3 is 5.97 Å². The van der Waals surface area contributed by atoms with Crippen LogP contribution in [0.2, 0.25) is 0 Å². The summed E-state index contributed by atoms with van der Waals surface area (Å²) in [6.45, 7) is 0. The van der Waals surface area contributed by atoms with Crippen LogP contribution in [-0.2, 0) is 9.53 Å². The molecule has 90 valence electrons. The summed E-state index contributed by atoms with van der Waals surface area (Å²) in [5.74, 6) is 5.45. The first-order valence-electron chi connectivity index (χ1n) is 4.73. The molecule has 0 radical (unpaired) electrons. The van der Waals surface area contributed by atoms with Crippen molar-refractivity contribution in [2.75, 3.05) is 7.11 Å². The molecule has 0 unspecified atom stereocenters. The van der Waals surface area contributed by atoms with Crippen molar-refractivity contribution in [2.24, 2.45) is 11.3 Å². The van der Waals surface area contributed by atoms with Gasteiger partial charge in [0, 0.05) is 5.54 Å². The number of fused-ring (bicyclic) bond motifs is 2. The molecule has 15 heavy (non-hydrogen) atoms. The highest BCUT2D eigenvalue weighted by atomic mass is 35.5. The third-order valence-corrected chi connectivity index (χ3v) is 3.77. The van der Waals surface area contributed by atoms with Gasteiger partial charge in [-0.1, -0.05) is 0 Å². The number of nitrogens with two attached hydrogens (primary N) is 1. The first kappa shape index (κ1) is 15.0. The molecule has 0 aromatic rings. The number of rotatable bonds is 2. The Morgan fingerprint density at radius 3 is 2.13 bits per heavy atom. The molecule has 2 rings (SSSR count). The molecule has 0 aromatic carbocycles. The fourth-order valence-corrected chi connectivity index (χ4v) is 2.90. The van der Waals surface area contributed by atoms with Crippen molar-refractivity contribution in [3.05, 3.63) is 0 Å². The Kier molecular flexibility index (Phi) is 4.86.